The quantitative estimate of drug-likeness (QED) is 0.626. The Labute approximate surface area is 179 Å². The van der Waals surface area contributed by atoms with Crippen LogP contribution in [0.2, 0.25) is 0 Å². The molecule has 0 saturated heterocycles. The van der Waals surface area contributed by atoms with E-state index < -0.39 is 36.3 Å². The van der Waals surface area contributed by atoms with E-state index in [9.17, 15) is 19.5 Å². The number of amides is 3. The van der Waals surface area contributed by atoms with Crippen LogP contribution in [0.4, 0.5) is 4.79 Å². The van der Waals surface area contributed by atoms with Gasteiger partial charge in [0.25, 0.3) is 0 Å². The molecule has 8 heteroatoms. The average molecular weight is 422 g/mol. The normalized spacial score (nSPS) is 13.4. The molecular formula is C22H35N3O5. The minimum Gasteiger partial charge on any atom is -0.444 e. The predicted octanol–water partition coefficient (Wildman–Crippen LogP) is 2.21. The lowest BCUT2D eigenvalue weighted by atomic mass is 9.98. The fourth-order valence-electron chi connectivity index (χ4n) is 2.86. The topological polar surface area (TPSA) is 108 Å². The second-order valence-electron chi connectivity index (χ2n) is 8.74. The number of carbonyl (C=O) groups excluding carboxylic acids is 3. The molecule has 0 aliphatic rings. The first-order valence-corrected chi connectivity index (χ1v) is 10.0. The molecule has 0 radical (unpaired) electrons. The minimum absolute atomic E-state index is 0.122. The number of rotatable bonds is 7. The van der Waals surface area contributed by atoms with E-state index in [2.05, 4.69) is 10.6 Å². The van der Waals surface area contributed by atoms with Crippen LogP contribution in [0.5, 0.6) is 0 Å². The van der Waals surface area contributed by atoms with E-state index in [-0.39, 0.29) is 11.9 Å². The summed E-state index contributed by atoms with van der Waals surface area (Å²) in [5, 5.41) is 14.9. The van der Waals surface area contributed by atoms with Gasteiger partial charge in [-0.1, -0.05) is 18.2 Å². The number of aliphatic hydroxyl groups excluding tert-OH is 1. The maximum atomic E-state index is 13.0. The summed E-state index contributed by atoms with van der Waals surface area (Å²) in [7, 11) is 1.47. The Kier molecular flexibility index (Phi) is 8.84. The third-order valence-corrected chi connectivity index (χ3v) is 4.43. The van der Waals surface area contributed by atoms with Crippen molar-refractivity contribution in [2.45, 2.75) is 72.2 Å². The van der Waals surface area contributed by atoms with Crippen LogP contribution < -0.4 is 10.6 Å². The van der Waals surface area contributed by atoms with E-state index in [1.807, 2.05) is 39.8 Å². The monoisotopic (exact) mass is 421 g/mol. The van der Waals surface area contributed by atoms with Crippen LogP contribution in [0.3, 0.4) is 0 Å². The van der Waals surface area contributed by atoms with Gasteiger partial charge >= 0.3 is 6.09 Å². The molecule has 0 aliphatic carbocycles. The highest BCUT2D eigenvalue weighted by Crippen LogP contribution is 2.23. The molecule has 8 nitrogen and oxygen atoms in total. The van der Waals surface area contributed by atoms with Crippen LogP contribution >= 0.6 is 0 Å². The molecule has 1 aromatic carbocycles. The maximum Gasteiger partial charge on any atom is 0.408 e. The van der Waals surface area contributed by atoms with E-state index in [1.165, 1.54) is 11.9 Å². The van der Waals surface area contributed by atoms with Crippen molar-refractivity contribution in [1.29, 1.82) is 0 Å². The molecule has 168 valence electrons. The Morgan fingerprint density at radius 1 is 1.10 bits per heavy atom. The molecule has 1 rings (SSSR count). The Hall–Kier alpha value is -2.61. The third-order valence-electron chi connectivity index (χ3n) is 4.43. The zero-order chi connectivity index (χ0) is 23.2. The van der Waals surface area contributed by atoms with Crippen LogP contribution in [0.1, 0.15) is 57.4 Å². The summed E-state index contributed by atoms with van der Waals surface area (Å²) in [4.78, 5) is 39.3. The first-order chi connectivity index (χ1) is 13.8. The first-order valence-electron chi connectivity index (χ1n) is 10.0. The Balaban J connectivity index is 3.18. The van der Waals surface area contributed by atoms with E-state index in [1.54, 1.807) is 26.8 Å². The average Bonchev–Trinajstić information content (AvgIpc) is 2.60. The lowest BCUT2D eigenvalue weighted by Crippen LogP contribution is -2.53. The summed E-state index contributed by atoms with van der Waals surface area (Å²) in [6.45, 7) is 12.0. The number of nitrogens with one attached hydrogen (secondary N) is 2. The number of ether oxygens (including phenoxy) is 1. The molecule has 0 aromatic heterocycles. The molecule has 3 N–H and O–H groups in total. The lowest BCUT2D eigenvalue weighted by Gasteiger charge is -2.31. The Morgan fingerprint density at radius 2 is 1.70 bits per heavy atom. The molecule has 0 saturated carbocycles. The number of alkyl carbamates (subject to hydrolysis) is 1. The summed E-state index contributed by atoms with van der Waals surface area (Å²) in [6, 6.07) is 3.26. The number of benzene rings is 1. The van der Waals surface area contributed by atoms with Gasteiger partial charge in [0.05, 0.1) is 6.61 Å². The van der Waals surface area contributed by atoms with E-state index in [4.69, 9.17) is 4.74 Å². The number of likely N-dealkylation sites (N-methyl/N-ethyl adjacent to an activating group) is 1. The number of aliphatic hydroxyl groups is 1. The van der Waals surface area contributed by atoms with Crippen LogP contribution in [-0.2, 0) is 14.3 Å². The fourth-order valence-corrected chi connectivity index (χ4v) is 2.86. The van der Waals surface area contributed by atoms with Gasteiger partial charge in [-0.05, 0) is 65.2 Å². The second-order valence-corrected chi connectivity index (χ2v) is 8.74. The number of hydrogen-bond acceptors (Lipinski definition) is 5. The smallest absolute Gasteiger partial charge is 0.408 e. The van der Waals surface area contributed by atoms with Crippen molar-refractivity contribution in [3.8, 4) is 0 Å². The molecule has 0 fully saturated rings. The SMILES string of the molecule is Cc1ccc(C(C(=O)NC(C)C)N(C)C(=O)C(CO)NC(=O)OC(C)(C)C)cc1C. The summed E-state index contributed by atoms with van der Waals surface area (Å²) in [6.07, 6.45) is -0.822. The molecular weight excluding hydrogens is 386 g/mol. The van der Waals surface area contributed by atoms with Gasteiger partial charge < -0.3 is 25.4 Å². The lowest BCUT2D eigenvalue weighted by molar-refractivity contribution is -0.141. The molecule has 3 amide bonds. The van der Waals surface area contributed by atoms with E-state index >= 15 is 0 Å². The fraction of sp³-hybridized carbons (Fsp3) is 0.591. The number of nitrogens with zero attached hydrogens (tertiary/aromatic N) is 1. The van der Waals surface area contributed by atoms with Crippen LogP contribution in [-0.4, -0.2) is 59.3 Å². The minimum atomic E-state index is -1.24. The molecule has 1 aromatic rings. The number of aryl methyl sites for hydroxylation is 2. The number of carbonyl (C=O) groups is 3. The van der Waals surface area contributed by atoms with Crippen molar-refractivity contribution < 1.29 is 24.2 Å². The van der Waals surface area contributed by atoms with Gasteiger partial charge in [-0.3, -0.25) is 9.59 Å². The highest BCUT2D eigenvalue weighted by molar-refractivity contribution is 5.92. The number of hydrogen-bond donors (Lipinski definition) is 3. The Morgan fingerprint density at radius 3 is 2.17 bits per heavy atom. The van der Waals surface area contributed by atoms with Crippen LogP contribution in [0, 0.1) is 13.8 Å². The zero-order valence-corrected chi connectivity index (χ0v) is 19.2. The first kappa shape index (κ1) is 25.4. The van der Waals surface area contributed by atoms with Crippen molar-refractivity contribution in [3.05, 3.63) is 34.9 Å². The van der Waals surface area contributed by atoms with E-state index in [0.717, 1.165) is 11.1 Å². The summed E-state index contributed by atoms with van der Waals surface area (Å²) in [5.41, 5.74) is 1.94. The van der Waals surface area contributed by atoms with Gasteiger partial charge in [-0.2, -0.15) is 0 Å². The standard InChI is InChI=1S/C22H35N3O5/c1-13(2)23-19(27)18(16-10-9-14(3)15(4)11-16)25(8)20(28)17(12-26)24-21(29)30-22(5,6)7/h9-11,13,17-18,26H,12H2,1-8H3,(H,23,27)(H,24,29). The molecule has 2 unspecified atom stereocenters. The molecule has 0 bridgehead atoms. The molecule has 0 heterocycles. The zero-order valence-electron chi connectivity index (χ0n) is 19.2. The van der Waals surface area contributed by atoms with Gasteiger partial charge in [0, 0.05) is 13.1 Å². The van der Waals surface area contributed by atoms with Gasteiger partial charge in [0.2, 0.25) is 11.8 Å². The predicted molar refractivity (Wildman–Crippen MR) is 115 cm³/mol. The van der Waals surface area contributed by atoms with E-state index in [0.29, 0.717) is 5.56 Å². The van der Waals surface area contributed by atoms with Crippen molar-refractivity contribution >= 4 is 17.9 Å². The highest BCUT2D eigenvalue weighted by atomic mass is 16.6. The molecule has 0 aliphatic heterocycles. The van der Waals surface area contributed by atoms with Crippen LogP contribution in [0.25, 0.3) is 0 Å². The van der Waals surface area contributed by atoms with Gasteiger partial charge in [-0.15, -0.1) is 0 Å². The summed E-state index contributed by atoms with van der Waals surface area (Å²) < 4.78 is 5.16. The van der Waals surface area contributed by atoms with Crippen molar-refractivity contribution in [2.24, 2.45) is 0 Å². The van der Waals surface area contributed by atoms with Crippen molar-refractivity contribution in [2.75, 3.05) is 13.7 Å². The molecule has 0 spiro atoms. The van der Waals surface area contributed by atoms with Gasteiger partial charge in [-0.25, -0.2) is 4.79 Å². The van der Waals surface area contributed by atoms with Crippen molar-refractivity contribution in [3.63, 3.8) is 0 Å². The largest absolute Gasteiger partial charge is 0.444 e. The third kappa shape index (κ3) is 7.33. The van der Waals surface area contributed by atoms with Crippen LogP contribution in [0.15, 0.2) is 18.2 Å². The Bertz CT molecular complexity index is 771. The molecule has 30 heavy (non-hydrogen) atoms. The van der Waals surface area contributed by atoms with Gasteiger partial charge in [0.1, 0.15) is 17.7 Å². The van der Waals surface area contributed by atoms with Crippen molar-refractivity contribution in [1.82, 2.24) is 15.5 Å². The summed E-state index contributed by atoms with van der Waals surface area (Å²) in [5.74, 6) is -0.955. The highest BCUT2D eigenvalue weighted by Gasteiger charge is 2.34. The van der Waals surface area contributed by atoms with Gasteiger partial charge in [0.15, 0.2) is 0 Å². The molecule has 2 atom stereocenters. The summed E-state index contributed by atoms with van der Waals surface area (Å²) >= 11 is 0. The maximum absolute atomic E-state index is 13.0. The second kappa shape index (κ2) is 10.4.